The fourth-order valence-corrected chi connectivity index (χ4v) is 7.29. The quantitative estimate of drug-likeness (QED) is 0.571. The minimum atomic E-state index is 0.287. The van der Waals surface area contributed by atoms with Crippen LogP contribution in [0.15, 0.2) is 0 Å². The molecule has 0 N–H and O–H groups in total. The summed E-state index contributed by atoms with van der Waals surface area (Å²) in [6.07, 6.45) is 5.86. The highest BCUT2D eigenvalue weighted by Gasteiger charge is 2.40. The van der Waals surface area contributed by atoms with Gasteiger partial charge in [0.15, 0.2) is 0 Å². The number of hydrogen-bond donors (Lipinski definition) is 0. The second-order valence-corrected chi connectivity index (χ2v) is 8.90. The van der Waals surface area contributed by atoms with Gasteiger partial charge in [0.25, 0.3) is 0 Å². The zero-order valence-electron chi connectivity index (χ0n) is 9.93. The third-order valence-corrected chi connectivity index (χ3v) is 7.71. The van der Waals surface area contributed by atoms with E-state index >= 15 is 0 Å². The molecule has 0 aromatic rings. The standard InChI is InChI=1S/C12H25P/c1-6-10-8-9-11(7-2)13(10)12(3,4)5/h10-11H,6-9H2,1-5H3. The van der Waals surface area contributed by atoms with Crippen LogP contribution in [0.2, 0.25) is 0 Å². The molecule has 1 heterocycles. The summed E-state index contributed by atoms with van der Waals surface area (Å²) >= 11 is 0. The molecule has 2 atom stereocenters. The smallest absolute Gasteiger partial charge is 0.0174 e. The highest BCUT2D eigenvalue weighted by atomic mass is 31.1. The van der Waals surface area contributed by atoms with Gasteiger partial charge in [-0.15, -0.1) is 0 Å². The third kappa shape index (κ3) is 2.46. The average Bonchev–Trinajstić information content (AvgIpc) is 2.45. The first-order chi connectivity index (χ1) is 6.00. The minimum Gasteiger partial charge on any atom is -0.0948 e. The Balaban J connectivity index is 2.73. The van der Waals surface area contributed by atoms with Crippen molar-refractivity contribution in [3.8, 4) is 0 Å². The molecular formula is C12H25P. The van der Waals surface area contributed by atoms with Crippen molar-refractivity contribution >= 4 is 7.92 Å². The van der Waals surface area contributed by atoms with Crippen molar-refractivity contribution in [1.82, 2.24) is 0 Å². The Labute approximate surface area is 85.2 Å². The predicted octanol–water partition coefficient (Wildman–Crippen LogP) is 4.62. The van der Waals surface area contributed by atoms with Gasteiger partial charge in [-0.25, -0.2) is 0 Å². The summed E-state index contributed by atoms with van der Waals surface area (Å²) in [5.41, 5.74) is 2.14. The van der Waals surface area contributed by atoms with Crippen LogP contribution in [0.5, 0.6) is 0 Å². The van der Waals surface area contributed by atoms with Crippen LogP contribution in [0.25, 0.3) is 0 Å². The second kappa shape index (κ2) is 4.30. The molecule has 0 nitrogen and oxygen atoms in total. The normalized spacial score (nSPS) is 35.3. The van der Waals surface area contributed by atoms with E-state index in [-0.39, 0.29) is 7.92 Å². The van der Waals surface area contributed by atoms with Crippen molar-refractivity contribution in [3.05, 3.63) is 0 Å². The largest absolute Gasteiger partial charge is 0.0948 e. The topological polar surface area (TPSA) is 0 Å². The summed E-state index contributed by atoms with van der Waals surface area (Å²) in [7, 11) is 0.287. The molecule has 0 aromatic carbocycles. The lowest BCUT2D eigenvalue weighted by Crippen LogP contribution is -2.21. The van der Waals surface area contributed by atoms with Crippen LogP contribution in [0.4, 0.5) is 0 Å². The molecule has 78 valence electrons. The summed E-state index contributed by atoms with van der Waals surface area (Å²) in [5.74, 6) is 0. The summed E-state index contributed by atoms with van der Waals surface area (Å²) in [4.78, 5) is 0. The molecule has 1 aliphatic heterocycles. The van der Waals surface area contributed by atoms with Crippen LogP contribution >= 0.6 is 7.92 Å². The summed E-state index contributed by atoms with van der Waals surface area (Å²) < 4.78 is 0. The molecule has 0 saturated carbocycles. The molecule has 0 spiro atoms. The van der Waals surface area contributed by atoms with Crippen LogP contribution in [-0.4, -0.2) is 16.5 Å². The summed E-state index contributed by atoms with van der Waals surface area (Å²) in [5, 5.41) is 0.590. The van der Waals surface area contributed by atoms with Gasteiger partial charge in [0.2, 0.25) is 0 Å². The van der Waals surface area contributed by atoms with Gasteiger partial charge in [0, 0.05) is 0 Å². The zero-order valence-corrected chi connectivity index (χ0v) is 10.8. The van der Waals surface area contributed by atoms with E-state index in [1.165, 1.54) is 25.7 Å². The Kier molecular flexibility index (Phi) is 3.81. The molecule has 0 aliphatic carbocycles. The number of hydrogen-bond acceptors (Lipinski definition) is 0. The predicted molar refractivity (Wildman–Crippen MR) is 64.1 cm³/mol. The monoisotopic (exact) mass is 200 g/mol. The van der Waals surface area contributed by atoms with Crippen molar-refractivity contribution in [2.75, 3.05) is 0 Å². The van der Waals surface area contributed by atoms with Crippen LogP contribution < -0.4 is 0 Å². The second-order valence-electron chi connectivity index (χ2n) is 5.28. The third-order valence-electron chi connectivity index (χ3n) is 3.34. The van der Waals surface area contributed by atoms with E-state index in [4.69, 9.17) is 0 Å². The summed E-state index contributed by atoms with van der Waals surface area (Å²) in [6, 6.07) is 0. The van der Waals surface area contributed by atoms with Crippen LogP contribution in [0.3, 0.4) is 0 Å². The molecule has 13 heavy (non-hydrogen) atoms. The van der Waals surface area contributed by atoms with Crippen molar-refractivity contribution in [2.45, 2.75) is 76.8 Å². The minimum absolute atomic E-state index is 0.287. The van der Waals surface area contributed by atoms with E-state index in [1.54, 1.807) is 0 Å². The van der Waals surface area contributed by atoms with Gasteiger partial charge in [-0.2, -0.15) is 0 Å². The van der Waals surface area contributed by atoms with Gasteiger partial charge in [0.1, 0.15) is 0 Å². The van der Waals surface area contributed by atoms with E-state index in [1.807, 2.05) is 0 Å². The highest BCUT2D eigenvalue weighted by molar-refractivity contribution is 7.61. The lowest BCUT2D eigenvalue weighted by molar-refractivity contribution is 0.696. The van der Waals surface area contributed by atoms with Crippen molar-refractivity contribution in [3.63, 3.8) is 0 Å². The van der Waals surface area contributed by atoms with Crippen LogP contribution in [0, 0.1) is 0 Å². The Morgan fingerprint density at radius 1 is 1.00 bits per heavy atom. The Hall–Kier alpha value is 0.430. The van der Waals surface area contributed by atoms with E-state index < -0.39 is 0 Å². The maximum Gasteiger partial charge on any atom is -0.0174 e. The Morgan fingerprint density at radius 2 is 1.38 bits per heavy atom. The highest BCUT2D eigenvalue weighted by Crippen LogP contribution is 2.65. The van der Waals surface area contributed by atoms with Crippen LogP contribution in [0.1, 0.15) is 60.3 Å². The molecule has 2 unspecified atom stereocenters. The molecule has 1 heteroatoms. The molecule has 1 aliphatic rings. The van der Waals surface area contributed by atoms with Gasteiger partial charge < -0.3 is 0 Å². The molecule has 0 bridgehead atoms. The Morgan fingerprint density at radius 3 is 1.62 bits per heavy atom. The SMILES string of the molecule is CCC1CCC(CC)P1C(C)(C)C. The van der Waals surface area contributed by atoms with E-state index in [2.05, 4.69) is 34.6 Å². The zero-order chi connectivity index (χ0) is 10.1. The maximum atomic E-state index is 2.45. The van der Waals surface area contributed by atoms with E-state index in [0.29, 0.717) is 5.16 Å². The van der Waals surface area contributed by atoms with E-state index in [0.717, 1.165) is 11.3 Å². The first kappa shape index (κ1) is 11.5. The van der Waals surface area contributed by atoms with Crippen LogP contribution in [-0.2, 0) is 0 Å². The van der Waals surface area contributed by atoms with Gasteiger partial charge >= 0.3 is 0 Å². The molecule has 1 rings (SSSR count). The fourth-order valence-electron chi connectivity index (χ4n) is 2.86. The van der Waals surface area contributed by atoms with Gasteiger partial charge in [-0.3, -0.25) is 0 Å². The number of rotatable bonds is 2. The Bertz CT molecular complexity index is 145. The van der Waals surface area contributed by atoms with Crippen molar-refractivity contribution in [2.24, 2.45) is 0 Å². The fraction of sp³-hybridized carbons (Fsp3) is 1.00. The first-order valence-electron chi connectivity index (χ1n) is 5.79. The lowest BCUT2D eigenvalue weighted by atomic mass is 10.1. The summed E-state index contributed by atoms with van der Waals surface area (Å²) in [6.45, 7) is 12.1. The molecule has 0 aromatic heterocycles. The van der Waals surface area contributed by atoms with Crippen molar-refractivity contribution < 1.29 is 0 Å². The maximum absolute atomic E-state index is 2.45. The molecule has 1 fully saturated rings. The molecule has 0 amide bonds. The molecule has 0 radical (unpaired) electrons. The average molecular weight is 200 g/mol. The van der Waals surface area contributed by atoms with Gasteiger partial charge in [-0.1, -0.05) is 42.5 Å². The van der Waals surface area contributed by atoms with Gasteiger partial charge in [0.05, 0.1) is 0 Å². The lowest BCUT2D eigenvalue weighted by Gasteiger charge is -2.37. The van der Waals surface area contributed by atoms with Crippen molar-refractivity contribution in [1.29, 1.82) is 0 Å². The van der Waals surface area contributed by atoms with E-state index in [9.17, 15) is 0 Å². The molecular weight excluding hydrogens is 175 g/mol. The first-order valence-corrected chi connectivity index (χ1v) is 7.27. The van der Waals surface area contributed by atoms with Gasteiger partial charge in [-0.05, 0) is 42.2 Å². The molecule has 1 saturated heterocycles.